The molecular weight excluding hydrogens is 510 g/mol. The molecule has 2 aromatic carbocycles. The molecule has 0 aliphatic carbocycles. The van der Waals surface area contributed by atoms with Crippen molar-refractivity contribution in [2.24, 2.45) is 0 Å². The molecule has 1 amide bonds. The largest absolute Gasteiger partial charge is 0.494 e. The fourth-order valence-electron chi connectivity index (χ4n) is 3.53. The Labute approximate surface area is 223 Å². The van der Waals surface area contributed by atoms with Crippen LogP contribution in [0.25, 0.3) is 12.2 Å². The van der Waals surface area contributed by atoms with Gasteiger partial charge in [-0.25, -0.2) is 18.1 Å². The first-order chi connectivity index (χ1) is 17.7. The number of ether oxygens (including phenoxy) is 1. The summed E-state index contributed by atoms with van der Waals surface area (Å²) in [5.41, 5.74) is 2.45. The number of nitrogens with zero attached hydrogens (tertiary/aromatic N) is 2. The maximum absolute atomic E-state index is 12.6. The second kappa shape index (κ2) is 13.3. The van der Waals surface area contributed by atoms with Crippen LogP contribution in [0.4, 0.5) is 0 Å². The van der Waals surface area contributed by atoms with Crippen LogP contribution in [-0.4, -0.2) is 30.5 Å². The van der Waals surface area contributed by atoms with E-state index in [1.807, 2.05) is 29.7 Å². The van der Waals surface area contributed by atoms with Crippen LogP contribution in [0.2, 0.25) is 5.02 Å². The Bertz CT molecular complexity index is 1380. The van der Waals surface area contributed by atoms with E-state index in [9.17, 15) is 13.2 Å². The lowest BCUT2D eigenvalue weighted by molar-refractivity contribution is -0.115. The van der Waals surface area contributed by atoms with Crippen molar-refractivity contribution in [3.8, 4) is 5.75 Å². The molecule has 1 aromatic heterocycles. The van der Waals surface area contributed by atoms with Gasteiger partial charge in [-0.2, -0.15) is 0 Å². The molecule has 0 bridgehead atoms. The summed E-state index contributed by atoms with van der Waals surface area (Å²) in [6.07, 6.45) is 7.91. The first-order valence-corrected chi connectivity index (χ1v) is 14.0. The molecule has 1 N–H and O–H groups in total. The number of carbonyl (C=O) groups is 1. The van der Waals surface area contributed by atoms with E-state index >= 15 is 0 Å². The standard InChI is InChI=1S/C28H32ClN3O4S/c1-4-5-9-15-36-26-13-12-24(27(29)18-26)20-32-22(3)30-19-25(32)17-21(2)28(33)31-37(34,35)16-14-23-10-7-6-8-11-23/h6-8,10-14,16-19H,4-5,9,15,20H2,1-3H3,(H,31,33)/b16-14+,21-17+. The van der Waals surface area contributed by atoms with Crippen LogP contribution in [0.5, 0.6) is 5.75 Å². The van der Waals surface area contributed by atoms with Crippen molar-refractivity contribution in [1.29, 1.82) is 0 Å². The van der Waals surface area contributed by atoms with Crippen LogP contribution >= 0.6 is 11.6 Å². The highest BCUT2D eigenvalue weighted by molar-refractivity contribution is 7.93. The Morgan fingerprint density at radius 2 is 1.92 bits per heavy atom. The van der Waals surface area contributed by atoms with Gasteiger partial charge in [0.2, 0.25) is 0 Å². The average Bonchev–Trinajstić information content (AvgIpc) is 3.21. The Hall–Kier alpha value is -3.36. The number of benzene rings is 2. The minimum absolute atomic E-state index is 0.222. The normalized spacial score (nSPS) is 12.2. The van der Waals surface area contributed by atoms with Crippen LogP contribution in [0.15, 0.2) is 65.7 Å². The number of halogens is 1. The van der Waals surface area contributed by atoms with Gasteiger partial charge in [0.1, 0.15) is 11.6 Å². The second-order valence-corrected chi connectivity index (χ2v) is 10.6. The van der Waals surface area contributed by atoms with Crippen molar-refractivity contribution >= 4 is 39.7 Å². The molecule has 0 fully saturated rings. The lowest BCUT2D eigenvalue weighted by atomic mass is 10.2. The molecule has 0 saturated heterocycles. The summed E-state index contributed by atoms with van der Waals surface area (Å²) in [6, 6.07) is 14.6. The number of imidazole rings is 1. The lowest BCUT2D eigenvalue weighted by Gasteiger charge is -2.12. The number of rotatable bonds is 12. The first-order valence-electron chi connectivity index (χ1n) is 12.1. The topological polar surface area (TPSA) is 90.3 Å². The summed E-state index contributed by atoms with van der Waals surface area (Å²) in [6.45, 7) is 6.63. The summed E-state index contributed by atoms with van der Waals surface area (Å²) in [5, 5.41) is 1.54. The maximum atomic E-state index is 12.6. The number of carbonyl (C=O) groups excluding carboxylic acids is 1. The van der Waals surface area contributed by atoms with Gasteiger partial charge in [-0.3, -0.25) is 4.79 Å². The van der Waals surface area contributed by atoms with E-state index in [0.717, 1.165) is 41.8 Å². The molecule has 7 nitrogen and oxygen atoms in total. The Morgan fingerprint density at radius 3 is 2.62 bits per heavy atom. The molecule has 0 aliphatic rings. The van der Waals surface area contributed by atoms with E-state index in [-0.39, 0.29) is 5.57 Å². The number of nitrogens with one attached hydrogen (secondary N) is 1. The molecule has 0 atom stereocenters. The van der Waals surface area contributed by atoms with Gasteiger partial charge >= 0.3 is 0 Å². The molecule has 0 saturated carbocycles. The lowest BCUT2D eigenvalue weighted by Crippen LogP contribution is -2.29. The Balaban J connectivity index is 1.70. The van der Waals surface area contributed by atoms with Gasteiger partial charge in [-0.1, -0.05) is 67.8 Å². The molecule has 0 aliphatic heterocycles. The van der Waals surface area contributed by atoms with Gasteiger partial charge in [0.15, 0.2) is 0 Å². The SMILES string of the molecule is CCCCCOc1ccc(Cn2c(/C=C(\C)C(=O)NS(=O)(=O)/C=C/c3ccccc3)cnc2C)c(Cl)c1. The molecule has 3 rings (SSSR count). The van der Waals surface area contributed by atoms with Crippen molar-refractivity contribution in [1.82, 2.24) is 14.3 Å². The number of sulfonamides is 1. The summed E-state index contributed by atoms with van der Waals surface area (Å²) in [5.74, 6) is 0.738. The molecule has 0 unspecified atom stereocenters. The van der Waals surface area contributed by atoms with E-state index in [1.54, 1.807) is 49.5 Å². The average molecular weight is 542 g/mol. The highest BCUT2D eigenvalue weighted by Crippen LogP contribution is 2.25. The molecule has 196 valence electrons. The Morgan fingerprint density at radius 1 is 1.16 bits per heavy atom. The highest BCUT2D eigenvalue weighted by Gasteiger charge is 2.15. The molecule has 37 heavy (non-hydrogen) atoms. The number of aryl methyl sites for hydroxylation is 1. The van der Waals surface area contributed by atoms with Gasteiger partial charge in [0, 0.05) is 10.6 Å². The predicted molar refractivity (Wildman–Crippen MR) is 149 cm³/mol. The molecule has 9 heteroatoms. The van der Waals surface area contributed by atoms with E-state index in [0.29, 0.717) is 29.4 Å². The summed E-state index contributed by atoms with van der Waals surface area (Å²) < 4.78 is 34.5. The van der Waals surface area contributed by atoms with Gasteiger partial charge in [0.05, 0.1) is 30.5 Å². The zero-order chi connectivity index (χ0) is 26.8. The van der Waals surface area contributed by atoms with Gasteiger partial charge < -0.3 is 9.30 Å². The smallest absolute Gasteiger partial charge is 0.260 e. The summed E-state index contributed by atoms with van der Waals surface area (Å²) >= 11 is 6.53. The van der Waals surface area contributed by atoms with Crippen LogP contribution < -0.4 is 9.46 Å². The van der Waals surface area contributed by atoms with E-state index in [4.69, 9.17) is 16.3 Å². The second-order valence-electron chi connectivity index (χ2n) is 8.64. The predicted octanol–water partition coefficient (Wildman–Crippen LogP) is 5.98. The van der Waals surface area contributed by atoms with Crippen molar-refractivity contribution < 1.29 is 17.9 Å². The van der Waals surface area contributed by atoms with E-state index < -0.39 is 15.9 Å². The summed E-state index contributed by atoms with van der Waals surface area (Å²) in [4.78, 5) is 17.0. The fourth-order valence-corrected chi connectivity index (χ4v) is 4.58. The number of hydrogen-bond acceptors (Lipinski definition) is 5. The van der Waals surface area contributed by atoms with Crippen LogP contribution in [0.1, 0.15) is 55.8 Å². The number of aromatic nitrogens is 2. The monoisotopic (exact) mass is 541 g/mol. The molecule has 1 heterocycles. The van der Waals surface area contributed by atoms with Crippen LogP contribution in [-0.2, 0) is 21.4 Å². The first kappa shape index (κ1) is 28.2. The molecule has 3 aromatic rings. The van der Waals surface area contributed by atoms with Gasteiger partial charge in [-0.15, -0.1) is 0 Å². The van der Waals surface area contributed by atoms with Crippen molar-refractivity contribution in [2.75, 3.05) is 6.61 Å². The summed E-state index contributed by atoms with van der Waals surface area (Å²) in [7, 11) is -3.96. The molecule has 0 spiro atoms. The Kier molecular flexibility index (Phi) is 10.1. The third-order valence-corrected chi connectivity index (χ3v) is 6.97. The zero-order valence-corrected chi connectivity index (χ0v) is 22.8. The number of unbranched alkanes of at least 4 members (excludes halogenated alkanes) is 2. The fraction of sp³-hybridized carbons (Fsp3) is 0.286. The number of amides is 1. The number of hydrogen-bond donors (Lipinski definition) is 1. The third kappa shape index (κ3) is 8.61. The van der Waals surface area contributed by atoms with E-state index in [2.05, 4.69) is 16.6 Å². The minimum Gasteiger partial charge on any atom is -0.494 e. The van der Waals surface area contributed by atoms with Gasteiger partial charge in [0.25, 0.3) is 15.9 Å². The zero-order valence-electron chi connectivity index (χ0n) is 21.3. The van der Waals surface area contributed by atoms with Crippen molar-refractivity contribution in [2.45, 2.75) is 46.6 Å². The van der Waals surface area contributed by atoms with Crippen molar-refractivity contribution in [3.63, 3.8) is 0 Å². The van der Waals surface area contributed by atoms with Crippen molar-refractivity contribution in [3.05, 3.63) is 93.4 Å². The minimum atomic E-state index is -3.96. The van der Waals surface area contributed by atoms with Crippen LogP contribution in [0.3, 0.4) is 0 Å². The molecular formula is C28H32ClN3O4S. The van der Waals surface area contributed by atoms with Crippen LogP contribution in [0, 0.1) is 6.92 Å². The maximum Gasteiger partial charge on any atom is 0.260 e. The highest BCUT2D eigenvalue weighted by atomic mass is 35.5. The van der Waals surface area contributed by atoms with Gasteiger partial charge in [-0.05, 0) is 55.7 Å². The third-order valence-electron chi connectivity index (χ3n) is 5.65. The molecule has 0 radical (unpaired) electrons. The quantitative estimate of drug-likeness (QED) is 0.225. The van der Waals surface area contributed by atoms with E-state index in [1.165, 1.54) is 6.08 Å².